The number of aromatic carboxylic acids is 1. The van der Waals surface area contributed by atoms with E-state index < -0.39 is 67.8 Å². The van der Waals surface area contributed by atoms with Gasteiger partial charge in [-0.3, -0.25) is 65.5 Å². The van der Waals surface area contributed by atoms with Crippen molar-refractivity contribution in [1.29, 1.82) is 0 Å². The van der Waals surface area contributed by atoms with E-state index in [1.54, 1.807) is 18.2 Å². The first kappa shape index (κ1) is 66.5. The SMILES string of the molecule is Nc1ccc2c(c1)CC1(C2)NC(=O)NC1=O.O=C1Cc2ccccc2C1.O=C1NC(=O)C2(Cc3ccc(Br)cc3C2)N1.O=C1NC(=O)C2(Cc3ccc(C(=O)O)cc3C2)N1.O=C1NC(=O)C2(Cc3ccc([N+](=O)[O-])cc3C2)N1.O=C1NC(=O)C2(Cc3ccccc3C2)N1.O=[N+]([O-])O. The Hall–Kier alpha value is -12.0. The molecule has 0 aromatic heterocycles. The first-order valence-electron chi connectivity index (χ1n) is 29.9. The minimum Gasteiger partial charge on any atom is -0.478 e. The topological polar surface area (TPSA) is 478 Å². The number of carbonyl (C=O) groups is 12. The van der Waals surface area contributed by atoms with E-state index in [4.69, 9.17) is 26.2 Å². The molecule has 17 rings (SSSR count). The molecule has 6 aromatic carbocycles. The van der Waals surface area contributed by atoms with Crippen molar-refractivity contribution in [3.63, 3.8) is 0 Å². The van der Waals surface area contributed by atoms with Gasteiger partial charge in [0.05, 0.1) is 10.5 Å². The zero-order valence-electron chi connectivity index (χ0n) is 50.8. The van der Waals surface area contributed by atoms with Gasteiger partial charge in [-0.15, -0.1) is 10.1 Å². The summed E-state index contributed by atoms with van der Waals surface area (Å²) < 4.78 is 0.994. The molecule has 32 heteroatoms. The summed E-state index contributed by atoms with van der Waals surface area (Å²) in [4.78, 5) is 155. The van der Waals surface area contributed by atoms with E-state index in [-0.39, 0.29) is 46.8 Å². The third kappa shape index (κ3) is 13.7. The summed E-state index contributed by atoms with van der Waals surface area (Å²) in [6.07, 6.45) is 6.10. The monoisotopic (exact) mass is 1390 g/mol. The average Bonchev–Trinajstić information content (AvgIpc) is 1.63. The largest absolute Gasteiger partial charge is 0.478 e. The van der Waals surface area contributed by atoms with Gasteiger partial charge in [-0.25, -0.2) is 28.8 Å². The molecule has 14 N–H and O–H groups in total. The first-order valence-corrected chi connectivity index (χ1v) is 30.7. The van der Waals surface area contributed by atoms with Crippen LogP contribution >= 0.6 is 15.9 Å². The average molecular weight is 1390 g/mol. The Kier molecular flexibility index (Phi) is 17.6. The Bertz CT molecular complexity index is 4230. The summed E-state index contributed by atoms with van der Waals surface area (Å²) >= 11 is 3.40. The van der Waals surface area contributed by atoms with Gasteiger partial charge in [0.25, 0.3) is 40.3 Å². The number of nitrogen functional groups attached to an aromatic ring is 1. The zero-order valence-corrected chi connectivity index (χ0v) is 52.4. The highest BCUT2D eigenvalue weighted by atomic mass is 79.9. The molecule has 15 amide bonds. The number of amides is 15. The second-order valence-electron chi connectivity index (χ2n) is 24.8. The number of nitro benzene ring substituents is 1. The van der Waals surface area contributed by atoms with Crippen molar-refractivity contribution in [3.05, 3.63) is 218 Å². The van der Waals surface area contributed by atoms with E-state index in [1.807, 2.05) is 84.9 Å². The van der Waals surface area contributed by atoms with Crippen LogP contribution in [0.25, 0.3) is 0 Å². The Morgan fingerprint density at radius 2 is 0.691 bits per heavy atom. The van der Waals surface area contributed by atoms with E-state index in [0.717, 1.165) is 60.1 Å². The number of nitrogens with zero attached hydrogens (tertiary/aromatic N) is 2. The molecular weight excluding hydrogens is 1330 g/mol. The fraction of sp³-hybridized carbons (Fsp3) is 0.262. The molecule has 4 atom stereocenters. The van der Waals surface area contributed by atoms with E-state index in [0.29, 0.717) is 88.5 Å². The van der Waals surface area contributed by atoms with E-state index in [1.165, 1.54) is 29.3 Å². The summed E-state index contributed by atoms with van der Waals surface area (Å²) in [6, 6.07) is 34.5. The molecule has 0 saturated carbocycles. The molecule has 0 bridgehead atoms. The smallest absolute Gasteiger partial charge is 0.335 e. The maximum absolute atomic E-state index is 11.8. The van der Waals surface area contributed by atoms with Crippen LogP contribution in [-0.2, 0) is 106 Å². The molecule has 5 fully saturated rings. The highest BCUT2D eigenvalue weighted by molar-refractivity contribution is 9.10. The van der Waals surface area contributed by atoms with Crippen LogP contribution in [-0.4, -0.2) is 119 Å². The number of fused-ring (bicyclic) bond motifs is 6. The molecule has 97 heavy (non-hydrogen) atoms. The van der Waals surface area contributed by atoms with Gasteiger partial charge >= 0.3 is 36.1 Å². The van der Waals surface area contributed by atoms with Crippen molar-refractivity contribution in [1.82, 2.24) is 53.2 Å². The van der Waals surface area contributed by atoms with Gasteiger partial charge in [0.1, 0.15) is 33.5 Å². The number of nitrogens with two attached hydrogens (primary N) is 1. The number of nitro groups is 1. The molecule has 0 radical (unpaired) electrons. The summed E-state index contributed by atoms with van der Waals surface area (Å²) in [7, 11) is 0. The molecule has 6 aromatic rings. The van der Waals surface area contributed by atoms with Crippen LogP contribution < -0.4 is 58.9 Å². The van der Waals surface area contributed by atoms with Gasteiger partial charge in [-0.05, 0) is 103 Å². The number of imide groups is 5. The molecular formula is C65H58BrN13O18. The van der Waals surface area contributed by atoms with Gasteiger partial charge in [0, 0.05) is 99.3 Å². The Morgan fingerprint density at radius 3 is 1.03 bits per heavy atom. The van der Waals surface area contributed by atoms with Crippen LogP contribution in [0, 0.1) is 20.2 Å². The second kappa shape index (κ2) is 25.7. The number of Topliss-reactive ketones (excluding diaryl/α,β-unsaturated/α-hetero) is 1. The van der Waals surface area contributed by atoms with E-state index >= 15 is 0 Å². The lowest BCUT2D eigenvalue weighted by molar-refractivity contribution is -0.742. The van der Waals surface area contributed by atoms with Crippen LogP contribution in [0.2, 0.25) is 0 Å². The standard InChI is InChI=1S/C12H10N2O4.C11H9BrN2O2.C11H9N3O4.C11H11N3O2.C11H10N2O2.C9H8O.HNO3/c15-9(16)6-1-2-7-4-12(5-8(7)3-6)10(17)13-11(18)14-12;12-8-2-1-6-4-11(5-7(6)3-8)9(15)13-10(16)14-11;15-9-11(13-10(16)12-9)4-6-1-2-8(14(17)18)3-7(6)5-11;12-8-2-1-6-4-11(5-7(6)3-8)9(15)13-10(16)14-11;14-9-11(13-10(15)12-9)5-7-3-1-2-4-8(7)6-11;10-9-5-7-3-1-2-4-8(7)6-9;2-1(3)4/h1-3H,4-5H2,(H,15,16)(H2,13,14,17,18);1-3H,4-5H2,(H2,13,14,15,16);1-3H,4-5H2,(H2,12,13,15,16);1-3H,4-5,12H2,(H2,13,14,15,16);1-4H,5-6H2,(H2,12,13,14,15);1-4H,5-6H2;(H,2,3,4). The number of carboxylic acid groups (broad SMARTS) is 1. The number of urea groups is 5. The van der Waals surface area contributed by atoms with Crippen LogP contribution in [0.3, 0.4) is 0 Å². The zero-order chi connectivity index (χ0) is 69.5. The number of anilines is 1. The van der Waals surface area contributed by atoms with Crippen LogP contribution in [0.4, 0.5) is 35.3 Å². The van der Waals surface area contributed by atoms with Gasteiger partial charge in [0.2, 0.25) is 0 Å². The number of carbonyl (C=O) groups excluding carboxylic acids is 11. The number of hydrogen-bond donors (Lipinski definition) is 13. The highest BCUT2D eigenvalue weighted by Gasteiger charge is 2.54. The number of carboxylic acids is 1. The quantitative estimate of drug-likeness (QED) is 0.0513. The fourth-order valence-electron chi connectivity index (χ4n) is 13.8. The van der Waals surface area contributed by atoms with Gasteiger partial charge in [0.15, 0.2) is 0 Å². The lowest BCUT2D eigenvalue weighted by Crippen LogP contribution is -2.47. The number of benzene rings is 6. The number of nitrogens with one attached hydrogen (secondary N) is 10. The third-order valence-electron chi connectivity index (χ3n) is 18.3. The van der Waals surface area contributed by atoms with Crippen molar-refractivity contribution in [2.75, 3.05) is 5.73 Å². The van der Waals surface area contributed by atoms with Crippen LogP contribution in [0.1, 0.15) is 77.1 Å². The molecule has 31 nitrogen and oxygen atoms in total. The van der Waals surface area contributed by atoms with Crippen LogP contribution in [0.15, 0.2) is 126 Å². The molecule has 5 saturated heterocycles. The number of non-ortho nitro benzene ring substituents is 1. The first-order chi connectivity index (χ1) is 46.0. The molecule has 6 aliphatic carbocycles. The maximum atomic E-state index is 11.8. The lowest BCUT2D eigenvalue weighted by atomic mass is 9.96. The molecule has 5 spiro atoms. The Morgan fingerprint density at radius 1 is 0.402 bits per heavy atom. The summed E-state index contributed by atoms with van der Waals surface area (Å²) in [6.45, 7) is 0. The fourth-order valence-corrected chi connectivity index (χ4v) is 14.2. The van der Waals surface area contributed by atoms with Crippen molar-refractivity contribution in [3.8, 4) is 0 Å². The van der Waals surface area contributed by atoms with Gasteiger partial charge in [-0.2, -0.15) is 0 Å². The minimum atomic E-state index is -1.50. The normalized spacial score (nSPS) is 23.2. The van der Waals surface area contributed by atoms with Crippen molar-refractivity contribution in [2.24, 2.45) is 0 Å². The number of hydrogen-bond acceptors (Lipinski definition) is 17. The minimum absolute atomic E-state index is 0.00414. The van der Waals surface area contributed by atoms with Crippen molar-refractivity contribution < 1.29 is 77.9 Å². The predicted octanol–water partition coefficient (Wildman–Crippen LogP) is 2.77. The lowest BCUT2D eigenvalue weighted by Gasteiger charge is -2.18. The Balaban J connectivity index is 0.000000117. The second-order valence-corrected chi connectivity index (χ2v) is 25.7. The van der Waals surface area contributed by atoms with Gasteiger partial charge < -0.3 is 42.6 Å². The molecule has 498 valence electrons. The van der Waals surface area contributed by atoms with Gasteiger partial charge in [-0.1, -0.05) is 88.7 Å². The number of ketones is 1. The molecule has 11 aliphatic rings. The predicted molar refractivity (Wildman–Crippen MR) is 340 cm³/mol. The number of halogens is 1. The van der Waals surface area contributed by atoms with E-state index in [9.17, 15) is 67.6 Å². The van der Waals surface area contributed by atoms with Crippen LogP contribution in [0.5, 0.6) is 0 Å². The van der Waals surface area contributed by atoms with Crippen molar-refractivity contribution >= 4 is 98.7 Å². The Labute approximate surface area is 556 Å². The van der Waals surface area contributed by atoms with Crippen molar-refractivity contribution in [2.45, 2.75) is 105 Å². The summed E-state index contributed by atoms with van der Waals surface area (Å²) in [5.41, 5.74) is 14.8. The summed E-state index contributed by atoms with van der Waals surface area (Å²) in [5.74, 6) is -2.03. The molecule has 4 unspecified atom stereocenters. The molecule has 5 heterocycles. The van der Waals surface area contributed by atoms with E-state index in [2.05, 4.69) is 69.1 Å². The number of rotatable bonds is 2. The summed E-state index contributed by atoms with van der Waals surface area (Å²) in [5, 5.41) is 57.9. The third-order valence-corrected chi connectivity index (χ3v) is 18.8. The molecule has 5 aliphatic heterocycles. The highest BCUT2D eigenvalue weighted by Crippen LogP contribution is 2.38. The maximum Gasteiger partial charge on any atom is 0.335 e.